The summed E-state index contributed by atoms with van der Waals surface area (Å²) in [5, 5.41) is 3.96. The summed E-state index contributed by atoms with van der Waals surface area (Å²) in [6, 6.07) is 7.86. The van der Waals surface area contributed by atoms with Gasteiger partial charge in [-0.2, -0.15) is 0 Å². The minimum Gasteiger partial charge on any atom is -0.335 e. The van der Waals surface area contributed by atoms with Crippen LogP contribution in [-0.2, 0) is 7.05 Å². The lowest BCUT2D eigenvalue weighted by molar-refractivity contribution is 0.111. The summed E-state index contributed by atoms with van der Waals surface area (Å²) in [6.45, 7) is 0. The van der Waals surface area contributed by atoms with Gasteiger partial charge in [-0.15, -0.1) is 22.7 Å². The van der Waals surface area contributed by atoms with Crippen molar-refractivity contribution in [2.24, 2.45) is 7.05 Å². The summed E-state index contributed by atoms with van der Waals surface area (Å²) in [7, 11) is 1.88. The van der Waals surface area contributed by atoms with Gasteiger partial charge in [-0.3, -0.25) is 9.59 Å². The number of alkyl halides is 1. The monoisotopic (exact) mass is 512 g/mol. The van der Waals surface area contributed by atoms with Crippen LogP contribution in [0, 0.1) is 0 Å². The second kappa shape index (κ2) is 10.9. The molecular formula is C18H17IN4O2S2. The van der Waals surface area contributed by atoms with E-state index in [-0.39, 0.29) is 0 Å². The molecule has 6 nitrogen and oxygen atoms in total. The molecule has 0 saturated heterocycles. The molecule has 0 bridgehead atoms. The highest BCUT2D eigenvalue weighted by molar-refractivity contribution is 14.1. The molecule has 0 aliphatic heterocycles. The lowest BCUT2D eigenvalue weighted by Crippen LogP contribution is -1.87. The van der Waals surface area contributed by atoms with Gasteiger partial charge in [-0.25, -0.2) is 9.97 Å². The Morgan fingerprint density at radius 2 is 1.74 bits per heavy atom. The van der Waals surface area contributed by atoms with E-state index in [4.69, 9.17) is 0 Å². The van der Waals surface area contributed by atoms with Gasteiger partial charge in [0, 0.05) is 13.2 Å². The lowest BCUT2D eigenvalue weighted by Gasteiger charge is -1.95. The van der Waals surface area contributed by atoms with Crippen LogP contribution in [0.25, 0.3) is 21.4 Å². The first-order chi connectivity index (χ1) is 13.2. The highest BCUT2D eigenvalue weighted by Gasteiger charge is 2.07. The molecular weight excluding hydrogens is 495 g/mol. The van der Waals surface area contributed by atoms with E-state index in [0.29, 0.717) is 11.4 Å². The topological polar surface area (TPSA) is 80.6 Å². The molecule has 0 unspecified atom stereocenters. The third-order valence-corrected chi connectivity index (χ3v) is 4.98. The fraction of sp³-hybridized carbons (Fsp3) is 0.111. The number of thiophene rings is 2. The number of imidazole rings is 2. The molecule has 9 heteroatoms. The molecule has 0 saturated carbocycles. The van der Waals surface area contributed by atoms with Crippen LogP contribution in [0.5, 0.6) is 0 Å². The SMILES string of the molecule is CI.Cn1cc(C=O)nc1-c1cccs1.O=Cc1cnc(-c2cccs2)[nH]1. The number of carbonyl (C=O) groups excluding carboxylic acids is 2. The second-order valence-corrected chi connectivity index (χ2v) is 6.87. The van der Waals surface area contributed by atoms with Gasteiger partial charge in [0.05, 0.1) is 21.6 Å². The molecule has 0 fully saturated rings. The zero-order valence-corrected chi connectivity index (χ0v) is 18.4. The Morgan fingerprint density at radius 3 is 2.22 bits per heavy atom. The fourth-order valence-corrected chi connectivity index (χ4v) is 3.55. The van der Waals surface area contributed by atoms with E-state index in [1.165, 1.54) is 6.20 Å². The predicted octanol–water partition coefficient (Wildman–Crippen LogP) is 4.96. The van der Waals surface area contributed by atoms with Gasteiger partial charge in [-0.1, -0.05) is 34.7 Å². The number of halogens is 1. The third kappa shape index (κ3) is 5.68. The Bertz CT molecular complexity index is 960. The van der Waals surface area contributed by atoms with Crippen molar-refractivity contribution in [1.82, 2.24) is 19.5 Å². The number of H-pyrrole nitrogens is 1. The second-order valence-electron chi connectivity index (χ2n) is 4.98. The Kier molecular flexibility index (Phi) is 8.55. The van der Waals surface area contributed by atoms with Gasteiger partial charge in [0.25, 0.3) is 0 Å². The molecule has 1 N–H and O–H groups in total. The van der Waals surface area contributed by atoms with Gasteiger partial charge < -0.3 is 9.55 Å². The molecule has 4 heterocycles. The normalized spacial score (nSPS) is 9.59. The van der Waals surface area contributed by atoms with Crippen LogP contribution in [0.1, 0.15) is 21.0 Å². The first-order valence-electron chi connectivity index (χ1n) is 7.65. The quantitative estimate of drug-likeness (QED) is 0.238. The van der Waals surface area contributed by atoms with Crippen LogP contribution in [0.2, 0.25) is 0 Å². The molecule has 27 heavy (non-hydrogen) atoms. The maximum absolute atomic E-state index is 10.5. The third-order valence-electron chi connectivity index (χ3n) is 3.23. The van der Waals surface area contributed by atoms with E-state index < -0.39 is 0 Å². The maximum atomic E-state index is 10.5. The summed E-state index contributed by atoms with van der Waals surface area (Å²) >= 11 is 5.35. The summed E-state index contributed by atoms with van der Waals surface area (Å²) < 4.78 is 1.86. The Morgan fingerprint density at radius 1 is 1.07 bits per heavy atom. The van der Waals surface area contributed by atoms with Crippen LogP contribution in [-0.4, -0.2) is 37.0 Å². The Hall–Kier alpha value is -2.11. The fourth-order valence-electron chi connectivity index (χ4n) is 2.11. The predicted molar refractivity (Wildman–Crippen MR) is 119 cm³/mol. The van der Waals surface area contributed by atoms with Crippen LogP contribution in [0.3, 0.4) is 0 Å². The van der Waals surface area contributed by atoms with E-state index in [1.54, 1.807) is 28.9 Å². The zero-order valence-electron chi connectivity index (χ0n) is 14.6. The summed E-state index contributed by atoms with van der Waals surface area (Å²) in [5.41, 5.74) is 0.990. The molecule has 0 aliphatic carbocycles. The molecule has 0 aliphatic rings. The van der Waals surface area contributed by atoms with Gasteiger partial charge in [-0.05, 0) is 27.8 Å². The van der Waals surface area contributed by atoms with Crippen molar-refractivity contribution >= 4 is 57.8 Å². The van der Waals surface area contributed by atoms with Crippen molar-refractivity contribution in [2.45, 2.75) is 0 Å². The first-order valence-corrected chi connectivity index (χ1v) is 11.6. The molecule has 0 amide bonds. The van der Waals surface area contributed by atoms with Gasteiger partial charge in [0.2, 0.25) is 0 Å². The molecule has 0 radical (unpaired) electrons. The van der Waals surface area contributed by atoms with Crippen molar-refractivity contribution in [3.63, 3.8) is 0 Å². The average molecular weight is 512 g/mol. The molecule has 4 aromatic heterocycles. The lowest BCUT2D eigenvalue weighted by atomic mass is 10.4. The number of rotatable bonds is 4. The highest BCUT2D eigenvalue weighted by atomic mass is 127. The first kappa shape index (κ1) is 21.2. The van der Waals surface area contributed by atoms with E-state index in [0.717, 1.165) is 34.0 Å². The largest absolute Gasteiger partial charge is 0.335 e. The van der Waals surface area contributed by atoms with Crippen molar-refractivity contribution in [3.05, 3.63) is 58.8 Å². The van der Waals surface area contributed by atoms with E-state index in [2.05, 4.69) is 37.5 Å². The molecule has 140 valence electrons. The van der Waals surface area contributed by atoms with Crippen molar-refractivity contribution in [1.29, 1.82) is 0 Å². The number of hydrogen-bond donors (Lipinski definition) is 1. The van der Waals surface area contributed by atoms with Crippen LogP contribution in [0.4, 0.5) is 0 Å². The van der Waals surface area contributed by atoms with Crippen LogP contribution >= 0.6 is 45.3 Å². The van der Waals surface area contributed by atoms with Crippen molar-refractivity contribution in [3.8, 4) is 21.4 Å². The number of hydrogen-bond acceptors (Lipinski definition) is 6. The number of aromatic nitrogens is 4. The summed E-state index contributed by atoms with van der Waals surface area (Å²) in [4.78, 5) is 36.0. The van der Waals surface area contributed by atoms with Crippen molar-refractivity contribution < 1.29 is 9.59 Å². The number of aromatic amines is 1. The standard InChI is InChI=1S/C9H8N2OS.C8H6N2OS.CH3I/c1-11-5-7(6-12)10-9(11)8-3-2-4-13-8;11-5-6-4-9-8(10-6)7-2-1-3-12-7;1-2/h2-6H,1H3;1-5H,(H,9,10);1H3. The smallest absolute Gasteiger partial charge is 0.170 e. The van der Waals surface area contributed by atoms with Crippen molar-refractivity contribution in [2.75, 3.05) is 4.93 Å². The zero-order chi connectivity index (χ0) is 19.6. The average Bonchev–Trinajstić information content (AvgIpc) is 3.50. The summed E-state index contributed by atoms with van der Waals surface area (Å²) in [6.07, 6.45) is 4.77. The minimum absolute atomic E-state index is 0.478. The van der Waals surface area contributed by atoms with E-state index in [9.17, 15) is 9.59 Å². The maximum Gasteiger partial charge on any atom is 0.170 e. The molecule has 4 aromatic rings. The Labute approximate surface area is 178 Å². The van der Waals surface area contributed by atoms with Gasteiger partial charge >= 0.3 is 0 Å². The van der Waals surface area contributed by atoms with E-state index >= 15 is 0 Å². The number of nitrogens with zero attached hydrogens (tertiary/aromatic N) is 3. The number of aldehydes is 2. The molecule has 0 aromatic carbocycles. The van der Waals surface area contributed by atoms with Gasteiger partial charge in [0.15, 0.2) is 18.4 Å². The minimum atomic E-state index is 0.478. The highest BCUT2D eigenvalue weighted by Crippen LogP contribution is 2.22. The summed E-state index contributed by atoms with van der Waals surface area (Å²) in [5.74, 6) is 1.60. The molecule has 4 rings (SSSR count). The Balaban J connectivity index is 0.000000178. The van der Waals surface area contributed by atoms with Crippen LogP contribution < -0.4 is 0 Å². The number of carbonyl (C=O) groups is 2. The number of aryl methyl sites for hydroxylation is 1. The molecule has 0 atom stereocenters. The number of nitrogens with one attached hydrogen (secondary N) is 1. The van der Waals surface area contributed by atoms with Crippen LogP contribution in [0.15, 0.2) is 47.4 Å². The van der Waals surface area contributed by atoms with Gasteiger partial charge in [0.1, 0.15) is 11.5 Å². The molecule has 0 spiro atoms. The van der Waals surface area contributed by atoms with E-state index in [1.807, 2.05) is 51.6 Å².